The van der Waals surface area contributed by atoms with Crippen molar-refractivity contribution in [1.29, 1.82) is 0 Å². The van der Waals surface area contributed by atoms with Crippen molar-refractivity contribution < 1.29 is 14.3 Å². The van der Waals surface area contributed by atoms with Gasteiger partial charge in [0.05, 0.1) is 0 Å². The minimum atomic E-state index is -0.772. The first-order valence-electron chi connectivity index (χ1n) is 6.26. The molecule has 0 saturated heterocycles. The summed E-state index contributed by atoms with van der Waals surface area (Å²) in [6, 6.07) is 9.95. The van der Waals surface area contributed by atoms with Crippen molar-refractivity contribution in [3.63, 3.8) is 0 Å². The third-order valence-electron chi connectivity index (χ3n) is 2.68. The first kappa shape index (κ1) is 15.2. The number of nitrogens with two attached hydrogens (primary N) is 1. The SMILES string of the molecule is CC(=O)CCN(CCOC(N)=O)Cc1ccccc1. The molecular formula is C14H20N2O3. The maximum Gasteiger partial charge on any atom is 0.404 e. The molecule has 0 bridgehead atoms. The maximum absolute atomic E-state index is 11.1. The van der Waals surface area contributed by atoms with Gasteiger partial charge in [-0.15, -0.1) is 0 Å². The van der Waals surface area contributed by atoms with Crippen molar-refractivity contribution in [2.24, 2.45) is 5.73 Å². The van der Waals surface area contributed by atoms with E-state index in [9.17, 15) is 9.59 Å². The van der Waals surface area contributed by atoms with Crippen LogP contribution < -0.4 is 5.73 Å². The molecule has 0 radical (unpaired) electrons. The van der Waals surface area contributed by atoms with Crippen LogP contribution in [0.3, 0.4) is 0 Å². The van der Waals surface area contributed by atoms with Gasteiger partial charge in [-0.1, -0.05) is 30.3 Å². The van der Waals surface area contributed by atoms with Crippen molar-refractivity contribution in [2.45, 2.75) is 19.9 Å². The maximum atomic E-state index is 11.1. The van der Waals surface area contributed by atoms with Crippen LogP contribution in [0.4, 0.5) is 4.79 Å². The van der Waals surface area contributed by atoms with Gasteiger partial charge < -0.3 is 10.5 Å². The number of nitrogens with zero attached hydrogens (tertiary/aromatic N) is 1. The first-order valence-corrected chi connectivity index (χ1v) is 6.26. The summed E-state index contributed by atoms with van der Waals surface area (Å²) in [4.78, 5) is 23.7. The molecule has 0 aliphatic rings. The minimum Gasteiger partial charge on any atom is -0.448 e. The van der Waals surface area contributed by atoms with Crippen LogP contribution in [0, 0.1) is 0 Å². The van der Waals surface area contributed by atoms with Gasteiger partial charge in [0.15, 0.2) is 0 Å². The Morgan fingerprint density at radius 2 is 1.89 bits per heavy atom. The van der Waals surface area contributed by atoms with E-state index in [0.717, 1.165) is 12.1 Å². The summed E-state index contributed by atoms with van der Waals surface area (Å²) >= 11 is 0. The second-order valence-electron chi connectivity index (χ2n) is 4.38. The predicted molar refractivity (Wildman–Crippen MR) is 72.6 cm³/mol. The van der Waals surface area contributed by atoms with Gasteiger partial charge in [-0.25, -0.2) is 4.79 Å². The lowest BCUT2D eigenvalue weighted by atomic mass is 10.2. The Kier molecular flexibility index (Phi) is 6.60. The Bertz CT molecular complexity index is 406. The van der Waals surface area contributed by atoms with Crippen LogP contribution in [0.25, 0.3) is 0 Å². The van der Waals surface area contributed by atoms with Crippen LogP contribution in [0.5, 0.6) is 0 Å². The first-order chi connectivity index (χ1) is 9.08. The van der Waals surface area contributed by atoms with E-state index < -0.39 is 6.09 Å². The van der Waals surface area contributed by atoms with Gasteiger partial charge in [-0.2, -0.15) is 0 Å². The molecule has 0 fully saturated rings. The van der Waals surface area contributed by atoms with Crippen molar-refractivity contribution in [3.05, 3.63) is 35.9 Å². The van der Waals surface area contributed by atoms with Crippen molar-refractivity contribution in [1.82, 2.24) is 4.90 Å². The summed E-state index contributed by atoms with van der Waals surface area (Å²) in [7, 11) is 0. The van der Waals surface area contributed by atoms with Crippen molar-refractivity contribution in [2.75, 3.05) is 19.7 Å². The molecule has 0 atom stereocenters. The molecule has 0 unspecified atom stereocenters. The normalized spacial score (nSPS) is 10.4. The summed E-state index contributed by atoms with van der Waals surface area (Å²) in [5, 5.41) is 0. The second-order valence-corrected chi connectivity index (χ2v) is 4.38. The molecular weight excluding hydrogens is 244 g/mol. The van der Waals surface area contributed by atoms with Crippen LogP contribution in [-0.4, -0.2) is 36.5 Å². The molecule has 5 heteroatoms. The Balaban J connectivity index is 2.48. The zero-order chi connectivity index (χ0) is 14.1. The number of Topliss-reactive ketones (excluding diaryl/α,β-unsaturated/α-hetero) is 1. The van der Waals surface area contributed by atoms with E-state index in [0.29, 0.717) is 19.5 Å². The molecule has 1 aromatic rings. The average Bonchev–Trinajstić information content (AvgIpc) is 2.36. The van der Waals surface area contributed by atoms with Gasteiger partial charge in [-0.05, 0) is 12.5 Å². The van der Waals surface area contributed by atoms with E-state index >= 15 is 0 Å². The monoisotopic (exact) mass is 264 g/mol. The van der Waals surface area contributed by atoms with Gasteiger partial charge in [0.2, 0.25) is 0 Å². The van der Waals surface area contributed by atoms with E-state index in [1.54, 1.807) is 6.92 Å². The fourth-order valence-electron chi connectivity index (χ4n) is 1.70. The minimum absolute atomic E-state index is 0.147. The van der Waals surface area contributed by atoms with Crippen LogP contribution in [0.1, 0.15) is 18.9 Å². The fourth-order valence-corrected chi connectivity index (χ4v) is 1.70. The topological polar surface area (TPSA) is 72.6 Å². The molecule has 1 aromatic carbocycles. The van der Waals surface area contributed by atoms with E-state index in [4.69, 9.17) is 10.5 Å². The number of primary amides is 1. The third-order valence-corrected chi connectivity index (χ3v) is 2.68. The van der Waals surface area contributed by atoms with Gasteiger partial charge in [0.1, 0.15) is 12.4 Å². The Hall–Kier alpha value is -1.88. The molecule has 0 aliphatic carbocycles. The lowest BCUT2D eigenvalue weighted by molar-refractivity contribution is -0.117. The number of benzene rings is 1. The molecule has 0 saturated carbocycles. The number of ether oxygens (including phenoxy) is 1. The Labute approximate surface area is 113 Å². The number of hydrogen-bond donors (Lipinski definition) is 1. The van der Waals surface area contributed by atoms with Crippen LogP contribution in [-0.2, 0) is 16.1 Å². The number of carbonyl (C=O) groups is 2. The molecule has 0 spiro atoms. The molecule has 0 aromatic heterocycles. The summed E-state index contributed by atoms with van der Waals surface area (Å²) in [5.41, 5.74) is 6.08. The summed E-state index contributed by atoms with van der Waals surface area (Å²) in [6.07, 6.45) is -0.283. The van der Waals surface area contributed by atoms with E-state index in [-0.39, 0.29) is 12.4 Å². The number of carbonyl (C=O) groups excluding carboxylic acids is 2. The molecule has 1 amide bonds. The highest BCUT2D eigenvalue weighted by molar-refractivity contribution is 5.75. The van der Waals surface area contributed by atoms with Gasteiger partial charge in [0, 0.05) is 26.1 Å². The third kappa shape index (κ3) is 7.21. The Morgan fingerprint density at radius 1 is 1.21 bits per heavy atom. The number of amides is 1. The lowest BCUT2D eigenvalue weighted by Gasteiger charge is -2.21. The summed E-state index contributed by atoms with van der Waals surface area (Å²) < 4.78 is 4.73. The smallest absolute Gasteiger partial charge is 0.404 e. The van der Waals surface area contributed by atoms with Crippen molar-refractivity contribution in [3.8, 4) is 0 Å². The van der Waals surface area contributed by atoms with Gasteiger partial charge >= 0.3 is 6.09 Å². The molecule has 2 N–H and O–H groups in total. The van der Waals surface area contributed by atoms with Crippen LogP contribution >= 0.6 is 0 Å². The molecule has 19 heavy (non-hydrogen) atoms. The quantitative estimate of drug-likeness (QED) is 0.773. The molecule has 0 heterocycles. The highest BCUT2D eigenvalue weighted by atomic mass is 16.5. The zero-order valence-corrected chi connectivity index (χ0v) is 11.2. The van der Waals surface area contributed by atoms with Crippen LogP contribution in [0.15, 0.2) is 30.3 Å². The van der Waals surface area contributed by atoms with E-state index in [1.165, 1.54) is 0 Å². The largest absolute Gasteiger partial charge is 0.448 e. The fraction of sp³-hybridized carbons (Fsp3) is 0.429. The molecule has 1 rings (SSSR count). The lowest BCUT2D eigenvalue weighted by Crippen LogP contribution is -2.30. The highest BCUT2D eigenvalue weighted by Crippen LogP contribution is 2.05. The number of ketones is 1. The van der Waals surface area contributed by atoms with Crippen LogP contribution in [0.2, 0.25) is 0 Å². The number of rotatable bonds is 8. The molecule has 5 nitrogen and oxygen atoms in total. The Morgan fingerprint density at radius 3 is 2.47 bits per heavy atom. The highest BCUT2D eigenvalue weighted by Gasteiger charge is 2.08. The van der Waals surface area contributed by atoms with E-state index in [2.05, 4.69) is 4.90 Å². The number of hydrogen-bond acceptors (Lipinski definition) is 4. The predicted octanol–water partition coefficient (Wildman–Crippen LogP) is 1.56. The average molecular weight is 264 g/mol. The van der Waals surface area contributed by atoms with Gasteiger partial charge in [-0.3, -0.25) is 9.69 Å². The second kappa shape index (κ2) is 8.26. The van der Waals surface area contributed by atoms with Crippen molar-refractivity contribution >= 4 is 11.9 Å². The molecule has 0 aliphatic heterocycles. The molecule has 104 valence electrons. The summed E-state index contributed by atoms with van der Waals surface area (Å²) in [6.45, 7) is 3.73. The van der Waals surface area contributed by atoms with Gasteiger partial charge in [0.25, 0.3) is 0 Å². The zero-order valence-electron chi connectivity index (χ0n) is 11.2. The van der Waals surface area contributed by atoms with E-state index in [1.807, 2.05) is 30.3 Å². The summed E-state index contributed by atoms with van der Waals surface area (Å²) in [5.74, 6) is 0.147. The standard InChI is InChI=1S/C14H20N2O3/c1-12(17)7-8-16(9-10-19-14(15)18)11-13-5-3-2-4-6-13/h2-6H,7-11H2,1H3,(H2,15,18).